The van der Waals surface area contributed by atoms with Crippen LogP contribution in [0.15, 0.2) is 24.4 Å². The third kappa shape index (κ3) is 1.18. The van der Waals surface area contributed by atoms with E-state index in [1.807, 2.05) is 24.4 Å². The summed E-state index contributed by atoms with van der Waals surface area (Å²) in [6, 6.07) is 5.76. The zero-order valence-corrected chi connectivity index (χ0v) is 7.29. The smallest absolute Gasteiger partial charge is 0.120 e. The first-order chi connectivity index (χ1) is 6.35. The molecule has 0 atom stereocenters. The molecule has 66 valence electrons. The molecule has 2 aromatic rings. The van der Waals surface area contributed by atoms with Gasteiger partial charge >= 0.3 is 0 Å². The quantitative estimate of drug-likeness (QED) is 0.673. The SMILES string of the molecule is COc1ccc2c(C=N)c[nH]c2c1. The highest BCUT2D eigenvalue weighted by atomic mass is 16.5. The van der Waals surface area contributed by atoms with Crippen LogP contribution < -0.4 is 4.74 Å². The van der Waals surface area contributed by atoms with Crippen LogP contribution in [0, 0.1) is 5.41 Å². The van der Waals surface area contributed by atoms with Crippen molar-refractivity contribution in [1.29, 1.82) is 5.41 Å². The van der Waals surface area contributed by atoms with Crippen molar-refractivity contribution >= 4 is 17.1 Å². The Kier molecular flexibility index (Phi) is 1.77. The van der Waals surface area contributed by atoms with Crippen molar-refractivity contribution in [2.75, 3.05) is 7.11 Å². The molecule has 0 aliphatic carbocycles. The van der Waals surface area contributed by atoms with E-state index in [9.17, 15) is 0 Å². The lowest BCUT2D eigenvalue weighted by Gasteiger charge is -1.98. The molecule has 13 heavy (non-hydrogen) atoms. The number of aromatic nitrogens is 1. The summed E-state index contributed by atoms with van der Waals surface area (Å²) in [4.78, 5) is 3.08. The minimum atomic E-state index is 0.825. The van der Waals surface area contributed by atoms with Crippen LogP contribution in [0.25, 0.3) is 10.9 Å². The number of hydrogen-bond donors (Lipinski definition) is 2. The van der Waals surface area contributed by atoms with E-state index in [1.165, 1.54) is 6.21 Å². The molecule has 0 amide bonds. The van der Waals surface area contributed by atoms with Crippen molar-refractivity contribution in [3.63, 3.8) is 0 Å². The first-order valence-corrected chi connectivity index (χ1v) is 4.01. The van der Waals surface area contributed by atoms with Crippen LogP contribution in [-0.4, -0.2) is 18.3 Å². The van der Waals surface area contributed by atoms with Crippen LogP contribution in [0.1, 0.15) is 5.56 Å². The monoisotopic (exact) mass is 174 g/mol. The molecule has 0 aliphatic rings. The van der Waals surface area contributed by atoms with Crippen LogP contribution in [0.5, 0.6) is 5.75 Å². The van der Waals surface area contributed by atoms with Gasteiger partial charge in [0, 0.05) is 34.9 Å². The summed E-state index contributed by atoms with van der Waals surface area (Å²) in [5.41, 5.74) is 1.90. The van der Waals surface area contributed by atoms with Gasteiger partial charge in [-0.25, -0.2) is 0 Å². The average molecular weight is 174 g/mol. The van der Waals surface area contributed by atoms with Crippen molar-refractivity contribution in [3.05, 3.63) is 30.0 Å². The molecule has 1 heterocycles. The maximum Gasteiger partial charge on any atom is 0.120 e. The van der Waals surface area contributed by atoms with E-state index in [0.717, 1.165) is 22.2 Å². The van der Waals surface area contributed by atoms with E-state index in [2.05, 4.69) is 4.98 Å². The predicted octanol–water partition coefficient (Wildman–Crippen LogP) is 2.17. The first-order valence-electron chi connectivity index (χ1n) is 4.01. The Bertz CT molecular complexity index is 445. The Balaban J connectivity index is 2.67. The highest BCUT2D eigenvalue weighted by Gasteiger charge is 2.01. The molecule has 1 aromatic heterocycles. The molecule has 2 N–H and O–H groups in total. The fourth-order valence-corrected chi connectivity index (χ4v) is 1.37. The van der Waals surface area contributed by atoms with Gasteiger partial charge in [-0.2, -0.15) is 0 Å². The van der Waals surface area contributed by atoms with Crippen molar-refractivity contribution in [2.24, 2.45) is 0 Å². The zero-order chi connectivity index (χ0) is 9.26. The van der Waals surface area contributed by atoms with Gasteiger partial charge in [-0.05, 0) is 12.1 Å². The maximum absolute atomic E-state index is 7.16. The molecule has 0 aliphatic heterocycles. The van der Waals surface area contributed by atoms with Gasteiger partial charge in [0.25, 0.3) is 0 Å². The number of ether oxygens (including phenoxy) is 1. The Hall–Kier alpha value is -1.77. The molecule has 0 bridgehead atoms. The lowest BCUT2D eigenvalue weighted by molar-refractivity contribution is 0.415. The molecule has 3 heteroatoms. The summed E-state index contributed by atoms with van der Waals surface area (Å²) in [5.74, 6) is 0.825. The van der Waals surface area contributed by atoms with Gasteiger partial charge in [0.15, 0.2) is 0 Å². The Morgan fingerprint density at radius 1 is 1.46 bits per heavy atom. The number of rotatable bonds is 2. The van der Waals surface area contributed by atoms with Gasteiger partial charge in [-0.3, -0.25) is 0 Å². The number of methoxy groups -OCH3 is 1. The number of aromatic amines is 1. The molecule has 1 aromatic carbocycles. The van der Waals surface area contributed by atoms with Crippen LogP contribution in [0.4, 0.5) is 0 Å². The Morgan fingerprint density at radius 2 is 2.31 bits per heavy atom. The third-order valence-corrected chi connectivity index (χ3v) is 2.08. The molecule has 0 unspecified atom stereocenters. The van der Waals surface area contributed by atoms with E-state index in [-0.39, 0.29) is 0 Å². The van der Waals surface area contributed by atoms with Crippen LogP contribution in [0.2, 0.25) is 0 Å². The highest BCUT2D eigenvalue weighted by molar-refractivity contribution is 5.98. The lowest BCUT2D eigenvalue weighted by Crippen LogP contribution is -1.81. The van der Waals surface area contributed by atoms with Gasteiger partial charge in [-0.15, -0.1) is 0 Å². The van der Waals surface area contributed by atoms with Crippen molar-refractivity contribution < 1.29 is 4.74 Å². The van der Waals surface area contributed by atoms with Crippen LogP contribution in [0.3, 0.4) is 0 Å². The number of H-pyrrole nitrogens is 1. The second-order valence-corrected chi connectivity index (χ2v) is 2.80. The van der Waals surface area contributed by atoms with Crippen LogP contribution in [-0.2, 0) is 0 Å². The summed E-state index contributed by atoms with van der Waals surface area (Å²) >= 11 is 0. The summed E-state index contributed by atoms with van der Waals surface area (Å²) in [6.07, 6.45) is 3.16. The summed E-state index contributed by atoms with van der Waals surface area (Å²) in [7, 11) is 1.64. The molecule has 0 radical (unpaired) electrons. The molecule has 0 spiro atoms. The van der Waals surface area contributed by atoms with Gasteiger partial charge in [0.1, 0.15) is 5.75 Å². The van der Waals surface area contributed by atoms with Crippen molar-refractivity contribution in [3.8, 4) is 5.75 Å². The molecular formula is C10H10N2O. The minimum absolute atomic E-state index is 0.825. The number of fused-ring (bicyclic) bond motifs is 1. The van der Waals surface area contributed by atoms with Crippen molar-refractivity contribution in [2.45, 2.75) is 0 Å². The Labute approximate surface area is 75.9 Å². The molecule has 0 saturated carbocycles. The molecule has 0 fully saturated rings. The maximum atomic E-state index is 7.16. The minimum Gasteiger partial charge on any atom is -0.497 e. The van der Waals surface area contributed by atoms with Gasteiger partial charge in [0.05, 0.1) is 7.11 Å². The van der Waals surface area contributed by atoms with E-state index in [1.54, 1.807) is 7.11 Å². The largest absolute Gasteiger partial charge is 0.497 e. The average Bonchev–Trinajstić information content (AvgIpc) is 2.59. The van der Waals surface area contributed by atoms with E-state index in [4.69, 9.17) is 10.1 Å². The fourth-order valence-electron chi connectivity index (χ4n) is 1.37. The van der Waals surface area contributed by atoms with E-state index < -0.39 is 0 Å². The van der Waals surface area contributed by atoms with Crippen molar-refractivity contribution in [1.82, 2.24) is 4.98 Å². The zero-order valence-electron chi connectivity index (χ0n) is 7.29. The van der Waals surface area contributed by atoms with Gasteiger partial charge in [0.2, 0.25) is 0 Å². The predicted molar refractivity (Wildman–Crippen MR) is 52.7 cm³/mol. The molecular weight excluding hydrogens is 164 g/mol. The topological polar surface area (TPSA) is 48.9 Å². The second kappa shape index (κ2) is 2.94. The number of benzene rings is 1. The number of hydrogen-bond acceptors (Lipinski definition) is 2. The summed E-state index contributed by atoms with van der Waals surface area (Å²) in [6.45, 7) is 0. The standard InChI is InChI=1S/C10H10N2O/c1-13-8-2-3-9-7(5-11)6-12-10(9)4-8/h2-6,11-12H,1H3. The third-order valence-electron chi connectivity index (χ3n) is 2.08. The number of nitrogens with one attached hydrogen (secondary N) is 2. The van der Waals surface area contributed by atoms with Gasteiger partial charge < -0.3 is 15.1 Å². The molecule has 2 rings (SSSR count). The summed E-state index contributed by atoms with van der Waals surface area (Å²) < 4.78 is 5.09. The highest BCUT2D eigenvalue weighted by Crippen LogP contribution is 2.21. The second-order valence-electron chi connectivity index (χ2n) is 2.80. The lowest BCUT2D eigenvalue weighted by atomic mass is 10.2. The molecule has 0 saturated heterocycles. The van der Waals surface area contributed by atoms with E-state index >= 15 is 0 Å². The van der Waals surface area contributed by atoms with Gasteiger partial charge in [-0.1, -0.05) is 0 Å². The fraction of sp³-hybridized carbons (Fsp3) is 0.100. The normalized spacial score (nSPS) is 10.2. The first kappa shape index (κ1) is 7.86. The molecule has 3 nitrogen and oxygen atoms in total. The van der Waals surface area contributed by atoms with Crippen LogP contribution >= 0.6 is 0 Å². The van der Waals surface area contributed by atoms with E-state index in [0.29, 0.717) is 0 Å². The Morgan fingerprint density at radius 3 is 3.00 bits per heavy atom. The summed E-state index contributed by atoms with van der Waals surface area (Å²) in [5, 5.41) is 8.22.